The van der Waals surface area contributed by atoms with E-state index < -0.39 is 10.0 Å². The van der Waals surface area contributed by atoms with Gasteiger partial charge >= 0.3 is 0 Å². The highest BCUT2D eigenvalue weighted by atomic mass is 35.5. The largest absolute Gasteiger partial charge is 0.356 e. The summed E-state index contributed by atoms with van der Waals surface area (Å²) in [5, 5.41) is 12.4. The average Bonchev–Trinajstić information content (AvgIpc) is 2.50. The maximum absolute atomic E-state index is 11.3. The van der Waals surface area contributed by atoms with Crippen LogP contribution in [0.3, 0.4) is 0 Å². The van der Waals surface area contributed by atoms with Gasteiger partial charge in [-0.2, -0.15) is 0 Å². The van der Waals surface area contributed by atoms with Crippen molar-refractivity contribution >= 4 is 44.6 Å². The Balaban J connectivity index is 2.08. The molecule has 0 radical (unpaired) electrons. The predicted molar refractivity (Wildman–Crippen MR) is 107 cm³/mol. The van der Waals surface area contributed by atoms with Gasteiger partial charge in [0.25, 0.3) is 0 Å². The number of halogens is 1. The summed E-state index contributed by atoms with van der Waals surface area (Å²) in [7, 11) is -3.70. The molecule has 0 unspecified atom stereocenters. The first kappa shape index (κ1) is 19.7. The van der Waals surface area contributed by atoms with Crippen LogP contribution in [0.1, 0.15) is 29.7 Å². The molecular weight excluding hydrogens is 378 g/mol. The van der Waals surface area contributed by atoms with Crippen LogP contribution in [0.2, 0.25) is 5.02 Å². The molecule has 2 rings (SSSR count). The maximum Gasteiger partial charge on any atom is 0.238 e. The minimum atomic E-state index is -3.70. The fourth-order valence-electron chi connectivity index (χ4n) is 2.45. The van der Waals surface area contributed by atoms with Crippen molar-refractivity contribution in [3.8, 4) is 0 Å². The molecule has 2 aromatic carbocycles. The summed E-state index contributed by atoms with van der Waals surface area (Å²) in [5.74, 6) is 0. The van der Waals surface area contributed by atoms with Gasteiger partial charge in [0.2, 0.25) is 10.0 Å². The van der Waals surface area contributed by atoms with Gasteiger partial charge < -0.3 is 10.6 Å². The molecule has 25 heavy (non-hydrogen) atoms. The first-order valence-electron chi connectivity index (χ1n) is 7.55. The van der Waals surface area contributed by atoms with Crippen LogP contribution in [0.15, 0.2) is 41.3 Å². The first-order valence-corrected chi connectivity index (χ1v) is 9.88. The molecule has 0 fully saturated rings. The van der Waals surface area contributed by atoms with Gasteiger partial charge in [-0.15, -0.1) is 0 Å². The number of sulfonamides is 1. The van der Waals surface area contributed by atoms with E-state index >= 15 is 0 Å². The summed E-state index contributed by atoms with van der Waals surface area (Å²) in [6, 6.07) is 10.1. The molecular formula is C17H20ClN3O2S2. The van der Waals surface area contributed by atoms with Crippen molar-refractivity contribution < 1.29 is 8.42 Å². The number of benzene rings is 2. The number of hydrogen-bond acceptors (Lipinski definition) is 3. The normalized spacial score (nSPS) is 12.5. The second-order valence-electron chi connectivity index (χ2n) is 5.87. The molecule has 0 aliphatic rings. The van der Waals surface area contributed by atoms with Crippen LogP contribution in [0.5, 0.6) is 0 Å². The number of aryl methyl sites for hydroxylation is 2. The highest BCUT2D eigenvalue weighted by molar-refractivity contribution is 7.89. The SMILES string of the molecule is Cc1cc(C)c(NC(=S)N[C@H](C)c2ccc(S(N)(=O)=O)cc2)c(Cl)c1. The molecule has 2 aromatic rings. The highest BCUT2D eigenvalue weighted by Crippen LogP contribution is 2.27. The minimum Gasteiger partial charge on any atom is -0.356 e. The Labute approximate surface area is 158 Å². The van der Waals surface area contributed by atoms with E-state index in [9.17, 15) is 8.42 Å². The summed E-state index contributed by atoms with van der Waals surface area (Å²) in [6.07, 6.45) is 0. The van der Waals surface area contributed by atoms with Gasteiger partial charge in [0, 0.05) is 0 Å². The van der Waals surface area contributed by atoms with E-state index in [2.05, 4.69) is 10.6 Å². The molecule has 0 aliphatic carbocycles. The molecule has 0 bridgehead atoms. The molecule has 0 spiro atoms. The van der Waals surface area contributed by atoms with E-state index in [1.807, 2.05) is 32.9 Å². The van der Waals surface area contributed by atoms with Gasteiger partial charge in [-0.3, -0.25) is 0 Å². The van der Waals surface area contributed by atoms with E-state index in [0.29, 0.717) is 10.1 Å². The summed E-state index contributed by atoms with van der Waals surface area (Å²) in [5.41, 5.74) is 3.72. The third kappa shape index (κ3) is 5.15. The second kappa shape index (κ2) is 7.70. The molecule has 0 aliphatic heterocycles. The van der Waals surface area contributed by atoms with Crippen LogP contribution in [-0.4, -0.2) is 13.5 Å². The van der Waals surface area contributed by atoms with E-state index in [-0.39, 0.29) is 10.9 Å². The molecule has 0 saturated carbocycles. The number of nitrogens with two attached hydrogens (primary N) is 1. The molecule has 1 atom stereocenters. The molecule has 0 heterocycles. The van der Waals surface area contributed by atoms with Gasteiger partial charge in [-0.05, 0) is 67.9 Å². The monoisotopic (exact) mass is 397 g/mol. The van der Waals surface area contributed by atoms with Gasteiger partial charge in [-0.1, -0.05) is 29.8 Å². The zero-order valence-electron chi connectivity index (χ0n) is 14.1. The third-order valence-electron chi connectivity index (χ3n) is 3.73. The van der Waals surface area contributed by atoms with Crippen molar-refractivity contribution in [1.29, 1.82) is 0 Å². The zero-order valence-corrected chi connectivity index (χ0v) is 16.5. The molecule has 0 aromatic heterocycles. The smallest absolute Gasteiger partial charge is 0.238 e. The zero-order chi connectivity index (χ0) is 18.8. The predicted octanol–water partition coefficient (Wildman–Crippen LogP) is 3.65. The van der Waals surface area contributed by atoms with Gasteiger partial charge in [-0.25, -0.2) is 13.6 Å². The Kier molecular flexibility index (Phi) is 6.05. The maximum atomic E-state index is 11.3. The topological polar surface area (TPSA) is 84.2 Å². The third-order valence-corrected chi connectivity index (χ3v) is 5.17. The lowest BCUT2D eigenvalue weighted by Gasteiger charge is -2.19. The molecule has 134 valence electrons. The Morgan fingerprint density at radius 3 is 2.32 bits per heavy atom. The van der Waals surface area contributed by atoms with Gasteiger partial charge in [0.05, 0.1) is 21.6 Å². The Morgan fingerprint density at radius 2 is 1.80 bits per heavy atom. The summed E-state index contributed by atoms with van der Waals surface area (Å²) < 4.78 is 22.6. The number of rotatable bonds is 4. The van der Waals surface area contributed by atoms with Crippen molar-refractivity contribution in [1.82, 2.24) is 5.32 Å². The Bertz CT molecular complexity index is 874. The number of nitrogens with one attached hydrogen (secondary N) is 2. The Hall–Kier alpha value is -1.67. The number of primary sulfonamides is 1. The summed E-state index contributed by atoms with van der Waals surface area (Å²) >= 11 is 11.6. The van der Waals surface area contributed by atoms with Crippen molar-refractivity contribution in [2.75, 3.05) is 5.32 Å². The summed E-state index contributed by atoms with van der Waals surface area (Å²) in [6.45, 7) is 5.86. The molecule has 4 N–H and O–H groups in total. The number of anilines is 1. The van der Waals surface area contributed by atoms with Gasteiger partial charge in [0.15, 0.2) is 5.11 Å². The fraction of sp³-hybridized carbons (Fsp3) is 0.235. The molecule has 0 amide bonds. The van der Waals surface area contributed by atoms with Crippen molar-refractivity contribution in [2.24, 2.45) is 5.14 Å². The Morgan fingerprint density at radius 1 is 1.20 bits per heavy atom. The lowest BCUT2D eigenvalue weighted by molar-refractivity contribution is 0.597. The number of thiocarbonyl (C=S) groups is 1. The van der Waals surface area contributed by atoms with Crippen LogP contribution in [0, 0.1) is 13.8 Å². The van der Waals surface area contributed by atoms with Crippen LogP contribution in [-0.2, 0) is 10.0 Å². The van der Waals surface area contributed by atoms with Crippen molar-refractivity contribution in [2.45, 2.75) is 31.7 Å². The van der Waals surface area contributed by atoms with Crippen molar-refractivity contribution in [3.63, 3.8) is 0 Å². The lowest BCUT2D eigenvalue weighted by atomic mass is 10.1. The van der Waals surface area contributed by atoms with Crippen LogP contribution in [0.25, 0.3) is 0 Å². The van der Waals surface area contributed by atoms with Crippen LogP contribution < -0.4 is 15.8 Å². The lowest BCUT2D eigenvalue weighted by Crippen LogP contribution is -2.31. The van der Waals surface area contributed by atoms with E-state index in [1.54, 1.807) is 12.1 Å². The standard InChI is InChI=1S/C17H20ClN3O2S2/c1-10-8-11(2)16(15(18)9-10)21-17(24)20-12(3)13-4-6-14(7-5-13)25(19,22)23/h4-9,12H,1-3H3,(H2,19,22,23)(H2,20,21,24)/t12-/m1/s1. The average molecular weight is 398 g/mol. The second-order valence-corrected chi connectivity index (χ2v) is 8.25. The molecule has 0 saturated heterocycles. The van der Waals surface area contributed by atoms with E-state index in [0.717, 1.165) is 22.4 Å². The van der Waals surface area contributed by atoms with Crippen LogP contribution in [0.4, 0.5) is 5.69 Å². The van der Waals surface area contributed by atoms with Gasteiger partial charge in [0.1, 0.15) is 0 Å². The van der Waals surface area contributed by atoms with Crippen LogP contribution >= 0.6 is 23.8 Å². The van der Waals surface area contributed by atoms with E-state index in [4.69, 9.17) is 29.0 Å². The van der Waals surface area contributed by atoms with E-state index in [1.165, 1.54) is 12.1 Å². The molecule has 5 nitrogen and oxygen atoms in total. The highest BCUT2D eigenvalue weighted by Gasteiger charge is 2.12. The number of hydrogen-bond donors (Lipinski definition) is 3. The molecule has 8 heteroatoms. The minimum absolute atomic E-state index is 0.0752. The first-order chi connectivity index (χ1) is 11.6. The summed E-state index contributed by atoms with van der Waals surface area (Å²) in [4.78, 5) is 0.0752. The quantitative estimate of drug-likeness (QED) is 0.686. The van der Waals surface area contributed by atoms with Crippen molar-refractivity contribution in [3.05, 3.63) is 58.1 Å². The fourth-order valence-corrected chi connectivity index (χ4v) is 3.61.